The van der Waals surface area contributed by atoms with E-state index in [0.717, 1.165) is 29.9 Å². The predicted octanol–water partition coefficient (Wildman–Crippen LogP) is 3.62. The molecule has 0 bridgehead atoms. The van der Waals surface area contributed by atoms with Gasteiger partial charge in [-0.3, -0.25) is 4.79 Å². The molecule has 0 aliphatic carbocycles. The molecule has 0 aromatic heterocycles. The topological polar surface area (TPSA) is 26.3 Å². The summed E-state index contributed by atoms with van der Waals surface area (Å²) in [5, 5.41) is 0. The van der Waals surface area contributed by atoms with Gasteiger partial charge in [-0.2, -0.15) is 0 Å². The summed E-state index contributed by atoms with van der Waals surface area (Å²) in [6.45, 7) is 8.63. The molecule has 2 heteroatoms. The van der Waals surface area contributed by atoms with Gasteiger partial charge in [-0.1, -0.05) is 13.8 Å². The summed E-state index contributed by atoms with van der Waals surface area (Å²) in [7, 11) is 0. The fourth-order valence-corrected chi connectivity index (χ4v) is 1.43. The van der Waals surface area contributed by atoms with Crippen molar-refractivity contribution in [2.24, 2.45) is 5.92 Å². The third-order valence-corrected chi connectivity index (χ3v) is 2.53. The highest BCUT2D eigenvalue weighted by atomic mass is 16.5. The minimum Gasteiger partial charge on any atom is -0.493 e. The number of Topliss-reactive ketones (excluding diaryl/α,β-unsaturated/α-hetero) is 1. The maximum Gasteiger partial charge on any atom is 0.159 e. The zero-order valence-corrected chi connectivity index (χ0v) is 10.5. The number of carbonyl (C=O) groups is 1. The molecule has 0 saturated heterocycles. The molecule has 0 radical (unpaired) electrons. The Morgan fingerprint density at radius 3 is 2.56 bits per heavy atom. The van der Waals surface area contributed by atoms with E-state index in [1.807, 2.05) is 25.1 Å². The van der Waals surface area contributed by atoms with E-state index >= 15 is 0 Å². The van der Waals surface area contributed by atoms with Crippen LogP contribution in [0.5, 0.6) is 5.75 Å². The lowest BCUT2D eigenvalue weighted by molar-refractivity contribution is 0.101. The minimum atomic E-state index is 0.0943. The van der Waals surface area contributed by atoms with Gasteiger partial charge in [-0.25, -0.2) is 0 Å². The van der Waals surface area contributed by atoms with Gasteiger partial charge < -0.3 is 4.74 Å². The molecule has 0 amide bonds. The van der Waals surface area contributed by atoms with Gasteiger partial charge in [0.25, 0.3) is 0 Å². The first kappa shape index (κ1) is 12.8. The summed E-state index contributed by atoms with van der Waals surface area (Å²) in [4.78, 5) is 11.2. The smallest absolute Gasteiger partial charge is 0.159 e. The number of hydrogen-bond acceptors (Lipinski definition) is 2. The van der Waals surface area contributed by atoms with E-state index in [4.69, 9.17) is 4.74 Å². The maximum atomic E-state index is 11.2. The maximum absolute atomic E-state index is 11.2. The van der Waals surface area contributed by atoms with Gasteiger partial charge in [0.1, 0.15) is 5.75 Å². The minimum absolute atomic E-state index is 0.0943. The Morgan fingerprint density at radius 1 is 1.38 bits per heavy atom. The van der Waals surface area contributed by atoms with Crippen LogP contribution in [0.3, 0.4) is 0 Å². The average molecular weight is 220 g/mol. The summed E-state index contributed by atoms with van der Waals surface area (Å²) in [6, 6.07) is 5.58. The highest BCUT2D eigenvalue weighted by Crippen LogP contribution is 2.20. The second kappa shape index (κ2) is 5.69. The third-order valence-electron chi connectivity index (χ3n) is 2.53. The van der Waals surface area contributed by atoms with Crippen molar-refractivity contribution in [2.45, 2.75) is 34.1 Å². The number of ketones is 1. The first-order chi connectivity index (χ1) is 7.50. The lowest BCUT2D eigenvalue weighted by Gasteiger charge is -2.11. The molecular weight excluding hydrogens is 200 g/mol. The fourth-order valence-electron chi connectivity index (χ4n) is 1.43. The van der Waals surface area contributed by atoms with E-state index in [0.29, 0.717) is 5.92 Å². The SMILES string of the molecule is CC(=O)c1ccc(OCCC(C)C)c(C)c1. The molecule has 0 saturated carbocycles. The molecule has 0 aliphatic rings. The van der Waals surface area contributed by atoms with E-state index < -0.39 is 0 Å². The number of aryl methyl sites for hydroxylation is 1. The standard InChI is InChI=1S/C14H20O2/c1-10(2)7-8-16-14-6-5-13(12(4)15)9-11(14)3/h5-6,9-10H,7-8H2,1-4H3. The molecule has 1 rings (SSSR count). The van der Waals surface area contributed by atoms with Crippen molar-refractivity contribution in [1.82, 2.24) is 0 Å². The molecule has 88 valence electrons. The molecule has 1 aromatic carbocycles. The Labute approximate surface area is 97.6 Å². The average Bonchev–Trinajstić information content (AvgIpc) is 2.19. The van der Waals surface area contributed by atoms with E-state index in [2.05, 4.69) is 13.8 Å². The summed E-state index contributed by atoms with van der Waals surface area (Å²) in [5.74, 6) is 1.62. The van der Waals surface area contributed by atoms with Gasteiger partial charge in [0.05, 0.1) is 6.61 Å². The van der Waals surface area contributed by atoms with Crippen LogP contribution in [-0.2, 0) is 0 Å². The highest BCUT2D eigenvalue weighted by Gasteiger charge is 2.04. The van der Waals surface area contributed by atoms with E-state index in [1.54, 1.807) is 6.92 Å². The first-order valence-corrected chi connectivity index (χ1v) is 5.75. The summed E-state index contributed by atoms with van der Waals surface area (Å²) in [5.41, 5.74) is 1.77. The molecule has 0 spiro atoms. The van der Waals surface area contributed by atoms with Crippen LogP contribution in [0.4, 0.5) is 0 Å². The van der Waals surface area contributed by atoms with Crippen LogP contribution in [0.25, 0.3) is 0 Å². The highest BCUT2D eigenvalue weighted by molar-refractivity contribution is 5.94. The van der Waals surface area contributed by atoms with Crippen molar-refractivity contribution in [3.63, 3.8) is 0 Å². The quantitative estimate of drug-likeness (QED) is 0.708. The van der Waals surface area contributed by atoms with E-state index in [1.165, 1.54) is 0 Å². The van der Waals surface area contributed by atoms with Gasteiger partial charge in [0, 0.05) is 5.56 Å². The van der Waals surface area contributed by atoms with Crippen molar-refractivity contribution in [3.05, 3.63) is 29.3 Å². The van der Waals surface area contributed by atoms with Crippen molar-refractivity contribution in [1.29, 1.82) is 0 Å². The van der Waals surface area contributed by atoms with Crippen molar-refractivity contribution in [2.75, 3.05) is 6.61 Å². The summed E-state index contributed by atoms with van der Waals surface area (Å²) in [6.07, 6.45) is 1.05. The van der Waals surface area contributed by atoms with Gasteiger partial charge in [-0.05, 0) is 49.9 Å². The van der Waals surface area contributed by atoms with E-state index in [9.17, 15) is 4.79 Å². The molecule has 0 N–H and O–H groups in total. The van der Waals surface area contributed by atoms with Crippen LogP contribution < -0.4 is 4.74 Å². The first-order valence-electron chi connectivity index (χ1n) is 5.75. The van der Waals surface area contributed by atoms with Crippen LogP contribution in [0, 0.1) is 12.8 Å². The molecule has 1 aromatic rings. The number of ether oxygens (including phenoxy) is 1. The molecule has 0 aliphatic heterocycles. The van der Waals surface area contributed by atoms with Crippen LogP contribution in [0.15, 0.2) is 18.2 Å². The van der Waals surface area contributed by atoms with Gasteiger partial charge in [-0.15, -0.1) is 0 Å². The van der Waals surface area contributed by atoms with Crippen molar-refractivity contribution < 1.29 is 9.53 Å². The zero-order chi connectivity index (χ0) is 12.1. The number of carbonyl (C=O) groups excluding carboxylic acids is 1. The Morgan fingerprint density at radius 2 is 2.06 bits per heavy atom. The molecular formula is C14H20O2. The normalized spacial score (nSPS) is 10.6. The van der Waals surface area contributed by atoms with Gasteiger partial charge in [0.2, 0.25) is 0 Å². The molecule has 0 fully saturated rings. The molecule has 0 unspecified atom stereocenters. The largest absolute Gasteiger partial charge is 0.493 e. The second-order valence-corrected chi connectivity index (χ2v) is 4.57. The van der Waals surface area contributed by atoms with Crippen LogP contribution in [0.2, 0.25) is 0 Å². The van der Waals surface area contributed by atoms with Crippen LogP contribution >= 0.6 is 0 Å². The lowest BCUT2D eigenvalue weighted by Crippen LogP contribution is -2.03. The van der Waals surface area contributed by atoms with E-state index in [-0.39, 0.29) is 5.78 Å². The van der Waals surface area contributed by atoms with Gasteiger partial charge in [0.15, 0.2) is 5.78 Å². The van der Waals surface area contributed by atoms with Crippen molar-refractivity contribution >= 4 is 5.78 Å². The van der Waals surface area contributed by atoms with Crippen LogP contribution in [0.1, 0.15) is 43.1 Å². The van der Waals surface area contributed by atoms with Crippen molar-refractivity contribution in [3.8, 4) is 5.75 Å². The number of benzene rings is 1. The molecule has 0 heterocycles. The number of hydrogen-bond donors (Lipinski definition) is 0. The molecule has 2 nitrogen and oxygen atoms in total. The summed E-state index contributed by atoms with van der Waals surface area (Å²) < 4.78 is 5.67. The molecule has 16 heavy (non-hydrogen) atoms. The Hall–Kier alpha value is -1.31. The third kappa shape index (κ3) is 3.69. The lowest BCUT2D eigenvalue weighted by atomic mass is 10.1. The Balaban J connectivity index is 2.64. The predicted molar refractivity (Wildman–Crippen MR) is 66.1 cm³/mol. The Bertz CT molecular complexity index is 367. The zero-order valence-electron chi connectivity index (χ0n) is 10.5. The monoisotopic (exact) mass is 220 g/mol. The molecule has 0 atom stereocenters. The Kier molecular flexibility index (Phi) is 4.53. The number of rotatable bonds is 5. The van der Waals surface area contributed by atoms with Crippen LogP contribution in [-0.4, -0.2) is 12.4 Å². The van der Waals surface area contributed by atoms with Gasteiger partial charge >= 0.3 is 0 Å². The summed E-state index contributed by atoms with van der Waals surface area (Å²) >= 11 is 0. The second-order valence-electron chi connectivity index (χ2n) is 4.57. The fraction of sp³-hybridized carbons (Fsp3) is 0.500.